The lowest BCUT2D eigenvalue weighted by Gasteiger charge is -2.11. The summed E-state index contributed by atoms with van der Waals surface area (Å²) in [4.78, 5) is 34.2. The van der Waals surface area contributed by atoms with E-state index in [1.165, 1.54) is 6.92 Å². The third-order valence-electron chi connectivity index (χ3n) is 3.02. The molecule has 7 heteroatoms. The Bertz CT molecular complexity index is 720. The van der Waals surface area contributed by atoms with E-state index in [0.29, 0.717) is 5.56 Å². The van der Waals surface area contributed by atoms with Crippen LogP contribution in [0.4, 0.5) is 4.79 Å². The largest absolute Gasteiger partial charge is 0.449 e. The van der Waals surface area contributed by atoms with Crippen molar-refractivity contribution in [2.45, 2.75) is 13.0 Å². The molecule has 3 amide bonds. The maximum atomic E-state index is 12.1. The van der Waals surface area contributed by atoms with Crippen molar-refractivity contribution in [2.24, 2.45) is 12.8 Å². The fourth-order valence-corrected chi connectivity index (χ4v) is 2.00. The highest BCUT2D eigenvalue weighted by Gasteiger charge is 2.22. The molecular weight excluding hydrogens is 274 g/mol. The molecule has 1 atom stereocenters. The minimum Gasteiger partial charge on any atom is -0.449 e. The van der Waals surface area contributed by atoms with E-state index in [1.807, 2.05) is 30.6 Å². The second kappa shape index (κ2) is 5.66. The number of nitrogens with two attached hydrogens (primary N) is 1. The Labute approximate surface area is 120 Å². The van der Waals surface area contributed by atoms with Crippen LogP contribution in [0.25, 0.3) is 10.9 Å². The van der Waals surface area contributed by atoms with Gasteiger partial charge < -0.3 is 15.0 Å². The lowest BCUT2D eigenvalue weighted by atomic mass is 10.2. The smallest absolute Gasteiger partial charge is 0.341 e. The highest BCUT2D eigenvalue weighted by atomic mass is 16.5. The maximum Gasteiger partial charge on any atom is 0.341 e. The first kappa shape index (κ1) is 14.6. The molecule has 1 heterocycles. The van der Waals surface area contributed by atoms with Gasteiger partial charge in [0.15, 0.2) is 6.10 Å². The number of aromatic nitrogens is 1. The SMILES string of the molecule is CC(OC(=O)c1cn(C)c2ccccc12)C(=O)NC(N)=O. The first-order valence-corrected chi connectivity index (χ1v) is 6.25. The van der Waals surface area contributed by atoms with Crippen molar-refractivity contribution >= 4 is 28.8 Å². The number of fused-ring (bicyclic) bond motifs is 1. The number of hydrogen-bond acceptors (Lipinski definition) is 4. The average Bonchev–Trinajstić information content (AvgIpc) is 2.76. The molecule has 0 aliphatic heterocycles. The number of esters is 1. The predicted octanol–water partition coefficient (Wildman–Crippen LogP) is 0.919. The second-order valence-electron chi connectivity index (χ2n) is 4.57. The lowest BCUT2D eigenvalue weighted by Crippen LogP contribution is -2.42. The number of nitrogens with one attached hydrogen (secondary N) is 1. The molecule has 0 saturated carbocycles. The number of para-hydroxylation sites is 1. The molecule has 2 aromatic rings. The molecule has 1 aromatic carbocycles. The number of hydrogen-bond donors (Lipinski definition) is 2. The molecule has 0 aliphatic carbocycles. The third-order valence-corrected chi connectivity index (χ3v) is 3.02. The number of nitrogens with zero attached hydrogens (tertiary/aromatic N) is 1. The van der Waals surface area contributed by atoms with Gasteiger partial charge in [0.25, 0.3) is 5.91 Å². The number of rotatable bonds is 3. The lowest BCUT2D eigenvalue weighted by molar-refractivity contribution is -0.127. The molecule has 0 bridgehead atoms. The Kier molecular flexibility index (Phi) is 3.93. The van der Waals surface area contributed by atoms with Gasteiger partial charge in [-0.3, -0.25) is 10.1 Å². The monoisotopic (exact) mass is 289 g/mol. The molecule has 21 heavy (non-hydrogen) atoms. The van der Waals surface area contributed by atoms with E-state index in [0.717, 1.165) is 10.9 Å². The minimum atomic E-state index is -1.12. The Morgan fingerprint density at radius 3 is 2.62 bits per heavy atom. The van der Waals surface area contributed by atoms with E-state index in [4.69, 9.17) is 10.5 Å². The summed E-state index contributed by atoms with van der Waals surface area (Å²) in [6.07, 6.45) is 0.509. The molecule has 0 radical (unpaired) electrons. The summed E-state index contributed by atoms with van der Waals surface area (Å²) in [7, 11) is 1.81. The average molecular weight is 289 g/mol. The second-order valence-corrected chi connectivity index (χ2v) is 4.57. The molecule has 0 fully saturated rings. The van der Waals surface area contributed by atoms with Gasteiger partial charge in [-0.2, -0.15) is 0 Å². The summed E-state index contributed by atoms with van der Waals surface area (Å²) in [6, 6.07) is 6.34. The van der Waals surface area contributed by atoms with Gasteiger partial charge in [0.1, 0.15) is 0 Å². The van der Waals surface area contributed by atoms with Crippen LogP contribution in [0.2, 0.25) is 0 Å². The van der Waals surface area contributed by atoms with Gasteiger partial charge in [0.05, 0.1) is 5.56 Å². The van der Waals surface area contributed by atoms with Gasteiger partial charge >= 0.3 is 12.0 Å². The highest BCUT2D eigenvalue weighted by Crippen LogP contribution is 2.21. The van der Waals surface area contributed by atoms with Crippen LogP contribution >= 0.6 is 0 Å². The highest BCUT2D eigenvalue weighted by molar-refractivity contribution is 6.05. The number of aryl methyl sites for hydroxylation is 1. The molecule has 0 aliphatic rings. The van der Waals surface area contributed by atoms with Gasteiger partial charge in [-0.05, 0) is 13.0 Å². The molecule has 2 rings (SSSR count). The van der Waals surface area contributed by atoms with Crippen molar-refractivity contribution in [3.8, 4) is 0 Å². The molecule has 1 unspecified atom stereocenters. The zero-order valence-electron chi connectivity index (χ0n) is 11.6. The normalized spacial score (nSPS) is 11.9. The van der Waals surface area contributed by atoms with Crippen LogP contribution in [0, 0.1) is 0 Å². The summed E-state index contributed by atoms with van der Waals surface area (Å²) in [5.41, 5.74) is 6.06. The molecule has 0 spiro atoms. The van der Waals surface area contributed by atoms with Gasteiger partial charge in [-0.1, -0.05) is 18.2 Å². The summed E-state index contributed by atoms with van der Waals surface area (Å²) >= 11 is 0. The van der Waals surface area contributed by atoms with Crippen molar-refractivity contribution < 1.29 is 19.1 Å². The Balaban J connectivity index is 2.19. The first-order chi connectivity index (χ1) is 9.90. The van der Waals surface area contributed by atoms with E-state index in [1.54, 1.807) is 16.8 Å². The number of benzene rings is 1. The van der Waals surface area contributed by atoms with Gasteiger partial charge in [-0.25, -0.2) is 9.59 Å². The number of carbonyl (C=O) groups is 3. The first-order valence-electron chi connectivity index (χ1n) is 6.25. The number of amides is 3. The number of carbonyl (C=O) groups excluding carboxylic acids is 3. The number of primary amides is 1. The molecule has 3 N–H and O–H groups in total. The summed E-state index contributed by atoms with van der Waals surface area (Å²) in [5, 5.41) is 2.59. The zero-order chi connectivity index (χ0) is 15.6. The minimum absolute atomic E-state index is 0.354. The van der Waals surface area contributed by atoms with E-state index in [-0.39, 0.29) is 0 Å². The molecule has 110 valence electrons. The van der Waals surface area contributed by atoms with Crippen LogP contribution in [-0.2, 0) is 16.6 Å². The van der Waals surface area contributed by atoms with E-state index in [9.17, 15) is 14.4 Å². The maximum absolute atomic E-state index is 12.1. The zero-order valence-corrected chi connectivity index (χ0v) is 11.6. The van der Waals surface area contributed by atoms with Crippen molar-refractivity contribution in [1.29, 1.82) is 0 Å². The fourth-order valence-electron chi connectivity index (χ4n) is 2.00. The predicted molar refractivity (Wildman–Crippen MR) is 75.5 cm³/mol. The number of ether oxygens (including phenoxy) is 1. The fraction of sp³-hybridized carbons (Fsp3) is 0.214. The van der Waals surface area contributed by atoms with Crippen LogP contribution in [0.5, 0.6) is 0 Å². The van der Waals surface area contributed by atoms with Crippen molar-refractivity contribution in [3.05, 3.63) is 36.0 Å². The van der Waals surface area contributed by atoms with Crippen LogP contribution < -0.4 is 11.1 Å². The summed E-state index contributed by atoms with van der Waals surface area (Å²) in [5.74, 6) is -1.41. The van der Waals surface area contributed by atoms with Gasteiger partial charge in [0, 0.05) is 24.1 Å². The summed E-state index contributed by atoms with van der Waals surface area (Å²) < 4.78 is 6.84. The van der Waals surface area contributed by atoms with E-state index >= 15 is 0 Å². The van der Waals surface area contributed by atoms with Crippen LogP contribution in [0.3, 0.4) is 0 Å². The van der Waals surface area contributed by atoms with Gasteiger partial charge in [-0.15, -0.1) is 0 Å². The Hall–Kier alpha value is -2.83. The third kappa shape index (κ3) is 3.02. The Morgan fingerprint density at radius 1 is 1.29 bits per heavy atom. The van der Waals surface area contributed by atoms with Crippen LogP contribution in [0.15, 0.2) is 30.5 Å². The summed E-state index contributed by atoms with van der Waals surface area (Å²) in [6.45, 7) is 1.36. The van der Waals surface area contributed by atoms with Crippen molar-refractivity contribution in [3.63, 3.8) is 0 Å². The standard InChI is InChI=1S/C14H15N3O4/c1-8(12(18)16-14(15)20)21-13(19)10-7-17(2)11-6-4-3-5-9(10)11/h3-8H,1-2H3,(H3,15,16,18,20). The van der Waals surface area contributed by atoms with E-state index in [2.05, 4.69) is 0 Å². The molecule has 0 saturated heterocycles. The number of urea groups is 1. The van der Waals surface area contributed by atoms with Gasteiger partial charge in [0.2, 0.25) is 0 Å². The molecule has 1 aromatic heterocycles. The Morgan fingerprint density at radius 2 is 1.95 bits per heavy atom. The molecule has 7 nitrogen and oxygen atoms in total. The topological polar surface area (TPSA) is 103 Å². The van der Waals surface area contributed by atoms with Crippen molar-refractivity contribution in [2.75, 3.05) is 0 Å². The van der Waals surface area contributed by atoms with Crippen molar-refractivity contribution in [1.82, 2.24) is 9.88 Å². The molecular formula is C14H15N3O4. The van der Waals surface area contributed by atoms with Crippen LogP contribution in [-0.4, -0.2) is 28.6 Å². The number of imide groups is 1. The van der Waals surface area contributed by atoms with Crippen LogP contribution in [0.1, 0.15) is 17.3 Å². The van der Waals surface area contributed by atoms with E-state index < -0.39 is 24.0 Å². The quantitative estimate of drug-likeness (QED) is 0.820.